The van der Waals surface area contributed by atoms with Gasteiger partial charge in [0.15, 0.2) is 0 Å². The van der Waals surface area contributed by atoms with Crippen molar-refractivity contribution < 1.29 is 4.42 Å². The van der Waals surface area contributed by atoms with Crippen LogP contribution in [0.25, 0.3) is 10.8 Å². The Bertz CT molecular complexity index is 532. The Morgan fingerprint density at radius 2 is 2.29 bits per heavy atom. The number of rotatable bonds is 4. The smallest absolute Gasteiger partial charge is 0.236 e. The first kappa shape index (κ1) is 18.5. The van der Waals surface area contributed by atoms with Crippen LogP contribution in [0.5, 0.6) is 0 Å². The van der Waals surface area contributed by atoms with Gasteiger partial charge in [0.05, 0.1) is 10.6 Å². The molecule has 2 N–H and O–H groups in total. The predicted molar refractivity (Wildman–Crippen MR) is 91.3 cm³/mol. The average molecular weight is 350 g/mol. The summed E-state index contributed by atoms with van der Waals surface area (Å²) >= 11 is 1.65. The molecule has 0 aromatic carbocycles. The van der Waals surface area contributed by atoms with Gasteiger partial charge in [-0.2, -0.15) is 0 Å². The van der Waals surface area contributed by atoms with Crippen LogP contribution in [-0.2, 0) is 6.54 Å². The average Bonchev–Trinajstić information content (AvgIpc) is 3.11. The van der Waals surface area contributed by atoms with Crippen molar-refractivity contribution in [2.45, 2.75) is 25.9 Å². The van der Waals surface area contributed by atoms with Gasteiger partial charge in [-0.15, -0.1) is 36.2 Å². The number of thiophene rings is 1. The number of aromatic nitrogens is 1. The molecular weight excluding hydrogens is 329 g/mol. The van der Waals surface area contributed by atoms with Gasteiger partial charge < -0.3 is 10.2 Å². The number of likely N-dealkylation sites (tertiary alicyclic amines) is 1. The molecule has 0 aliphatic carbocycles. The van der Waals surface area contributed by atoms with Gasteiger partial charge in [0, 0.05) is 19.1 Å². The normalized spacial score (nSPS) is 21.8. The lowest BCUT2D eigenvalue weighted by atomic mass is 10.1. The highest BCUT2D eigenvalue weighted by atomic mass is 35.5. The molecule has 3 rings (SSSR count). The summed E-state index contributed by atoms with van der Waals surface area (Å²) in [5, 5.41) is 2.04. The van der Waals surface area contributed by atoms with E-state index in [0.717, 1.165) is 36.1 Å². The van der Waals surface area contributed by atoms with Gasteiger partial charge in [0.25, 0.3) is 0 Å². The zero-order valence-corrected chi connectivity index (χ0v) is 14.3. The maximum atomic E-state index is 5.76. The van der Waals surface area contributed by atoms with Crippen LogP contribution >= 0.6 is 36.2 Å². The van der Waals surface area contributed by atoms with E-state index in [1.807, 2.05) is 17.5 Å². The summed E-state index contributed by atoms with van der Waals surface area (Å²) in [5.41, 5.74) is 6.77. The molecule has 0 bridgehead atoms. The van der Waals surface area contributed by atoms with Gasteiger partial charge in [-0.1, -0.05) is 6.07 Å². The molecule has 0 amide bonds. The van der Waals surface area contributed by atoms with E-state index in [1.54, 1.807) is 17.6 Å². The predicted octanol–water partition coefficient (Wildman–Crippen LogP) is 3.42. The van der Waals surface area contributed by atoms with E-state index in [-0.39, 0.29) is 24.8 Å². The highest BCUT2D eigenvalue weighted by Gasteiger charge is 2.28. The van der Waals surface area contributed by atoms with Gasteiger partial charge in [-0.05, 0) is 37.3 Å². The molecule has 1 fully saturated rings. The Morgan fingerprint density at radius 3 is 2.90 bits per heavy atom. The van der Waals surface area contributed by atoms with E-state index in [0.29, 0.717) is 12.0 Å². The molecule has 4 nitrogen and oxygen atoms in total. The van der Waals surface area contributed by atoms with Crippen molar-refractivity contribution in [1.82, 2.24) is 9.88 Å². The second kappa shape index (κ2) is 8.15. The molecule has 2 aromatic heterocycles. The second-order valence-electron chi connectivity index (χ2n) is 5.24. The van der Waals surface area contributed by atoms with Crippen molar-refractivity contribution in [3.63, 3.8) is 0 Å². The number of hydrogen-bond donors (Lipinski definition) is 1. The standard InChI is InChI=1S/C14H19N3OS.2ClH/c1-10-5-11(6-15)7-17(10)8-12-9-18-14(16-12)13-3-2-4-19-13;;/h2-4,9-11H,5-8,15H2,1H3;2*1H. The minimum absolute atomic E-state index is 0. The molecule has 2 atom stereocenters. The second-order valence-corrected chi connectivity index (χ2v) is 6.18. The third-order valence-electron chi connectivity index (χ3n) is 3.77. The third-order valence-corrected chi connectivity index (χ3v) is 4.63. The zero-order chi connectivity index (χ0) is 13.2. The lowest BCUT2D eigenvalue weighted by molar-refractivity contribution is 0.252. The Balaban J connectivity index is 0.00000110. The van der Waals surface area contributed by atoms with Crippen LogP contribution in [-0.4, -0.2) is 29.0 Å². The van der Waals surface area contributed by atoms with Gasteiger partial charge in [-0.25, -0.2) is 4.98 Å². The fourth-order valence-corrected chi connectivity index (χ4v) is 3.37. The van der Waals surface area contributed by atoms with E-state index in [9.17, 15) is 0 Å². The molecule has 1 aliphatic rings. The van der Waals surface area contributed by atoms with Crippen LogP contribution in [0.2, 0.25) is 0 Å². The Hall–Kier alpha value is -0.590. The quantitative estimate of drug-likeness (QED) is 0.918. The minimum atomic E-state index is 0. The van der Waals surface area contributed by atoms with Crippen molar-refractivity contribution >= 4 is 36.2 Å². The topological polar surface area (TPSA) is 55.3 Å². The van der Waals surface area contributed by atoms with Crippen LogP contribution in [0.3, 0.4) is 0 Å². The van der Waals surface area contributed by atoms with Gasteiger partial charge >= 0.3 is 0 Å². The zero-order valence-electron chi connectivity index (χ0n) is 11.9. The van der Waals surface area contributed by atoms with Crippen LogP contribution < -0.4 is 5.73 Å². The lowest BCUT2D eigenvalue weighted by Crippen LogP contribution is -2.27. The number of hydrogen-bond acceptors (Lipinski definition) is 5. The summed E-state index contributed by atoms with van der Waals surface area (Å²) in [5.74, 6) is 1.35. The number of nitrogens with two attached hydrogens (primary N) is 1. The summed E-state index contributed by atoms with van der Waals surface area (Å²) in [4.78, 5) is 8.09. The highest BCUT2D eigenvalue weighted by Crippen LogP contribution is 2.26. The van der Waals surface area contributed by atoms with E-state index >= 15 is 0 Å². The first-order valence-corrected chi connectivity index (χ1v) is 7.56. The largest absolute Gasteiger partial charge is 0.444 e. The molecule has 118 valence electrons. The number of nitrogens with zero attached hydrogens (tertiary/aromatic N) is 2. The van der Waals surface area contributed by atoms with Crippen LogP contribution in [0, 0.1) is 5.92 Å². The maximum Gasteiger partial charge on any atom is 0.236 e. The molecule has 2 unspecified atom stereocenters. The summed E-state index contributed by atoms with van der Waals surface area (Å²) in [6.07, 6.45) is 2.96. The monoisotopic (exact) mass is 349 g/mol. The molecule has 1 aliphatic heterocycles. The van der Waals surface area contributed by atoms with Crippen molar-refractivity contribution in [1.29, 1.82) is 0 Å². The van der Waals surface area contributed by atoms with Crippen LogP contribution in [0.4, 0.5) is 0 Å². The molecule has 1 saturated heterocycles. The molecule has 0 saturated carbocycles. The van der Waals surface area contributed by atoms with E-state index in [4.69, 9.17) is 10.2 Å². The van der Waals surface area contributed by atoms with Crippen LogP contribution in [0.15, 0.2) is 28.2 Å². The van der Waals surface area contributed by atoms with Crippen molar-refractivity contribution in [2.24, 2.45) is 11.7 Å². The Morgan fingerprint density at radius 1 is 1.48 bits per heavy atom. The first-order valence-electron chi connectivity index (χ1n) is 6.68. The molecule has 0 spiro atoms. The lowest BCUT2D eigenvalue weighted by Gasteiger charge is -2.19. The molecule has 0 radical (unpaired) electrons. The summed E-state index contributed by atoms with van der Waals surface area (Å²) in [7, 11) is 0. The molecule has 2 aromatic rings. The number of oxazole rings is 1. The minimum Gasteiger partial charge on any atom is -0.444 e. The first-order chi connectivity index (χ1) is 9.26. The van der Waals surface area contributed by atoms with Crippen molar-refractivity contribution in [3.8, 4) is 10.8 Å². The fraction of sp³-hybridized carbons (Fsp3) is 0.500. The SMILES string of the molecule is CC1CC(CN)CN1Cc1coc(-c2cccs2)n1.Cl.Cl. The van der Waals surface area contributed by atoms with Gasteiger partial charge in [0.2, 0.25) is 5.89 Å². The van der Waals surface area contributed by atoms with E-state index in [1.165, 1.54) is 6.42 Å². The Kier molecular flexibility index (Phi) is 7.16. The molecule has 21 heavy (non-hydrogen) atoms. The summed E-state index contributed by atoms with van der Waals surface area (Å²) in [6.45, 7) is 4.96. The molecular formula is C14H21Cl2N3OS. The maximum absolute atomic E-state index is 5.76. The van der Waals surface area contributed by atoms with Gasteiger partial charge in [-0.3, -0.25) is 4.90 Å². The molecule has 7 heteroatoms. The third kappa shape index (κ3) is 4.20. The molecule has 3 heterocycles. The van der Waals surface area contributed by atoms with Crippen molar-refractivity contribution in [2.75, 3.05) is 13.1 Å². The van der Waals surface area contributed by atoms with Gasteiger partial charge in [0.1, 0.15) is 6.26 Å². The number of halogens is 2. The fourth-order valence-electron chi connectivity index (χ4n) is 2.71. The van der Waals surface area contributed by atoms with E-state index in [2.05, 4.69) is 16.8 Å². The van der Waals surface area contributed by atoms with Crippen molar-refractivity contribution in [3.05, 3.63) is 29.5 Å². The van der Waals surface area contributed by atoms with E-state index < -0.39 is 0 Å². The summed E-state index contributed by atoms with van der Waals surface area (Å²) in [6, 6.07) is 4.62. The highest BCUT2D eigenvalue weighted by molar-refractivity contribution is 7.13. The summed E-state index contributed by atoms with van der Waals surface area (Å²) < 4.78 is 5.56. The van der Waals surface area contributed by atoms with Crippen LogP contribution in [0.1, 0.15) is 19.0 Å². The Labute approximate surface area is 141 Å².